The molecule has 3 rings (SSSR count). The number of benzene rings is 1. The molecule has 1 fully saturated rings. The number of hydrogen-bond acceptors (Lipinski definition) is 2. The first-order valence-corrected chi connectivity index (χ1v) is 6.71. The third kappa shape index (κ3) is 1.81. The third-order valence-electron chi connectivity index (χ3n) is 4.03. The molecule has 1 spiro atoms. The number of fused-ring (bicyclic) bond motifs is 2. The van der Waals surface area contributed by atoms with E-state index < -0.39 is 0 Å². The topological polar surface area (TPSA) is 15.6 Å². The maximum absolute atomic E-state index is 4.62. The zero-order chi connectivity index (χ0) is 11.7. The number of para-hydroxylation sites is 1. The van der Waals surface area contributed by atoms with Gasteiger partial charge in [-0.3, -0.25) is 4.99 Å². The molecule has 1 aromatic rings. The van der Waals surface area contributed by atoms with E-state index in [4.69, 9.17) is 0 Å². The number of nitrogens with zero attached hydrogens (tertiary/aromatic N) is 2. The smallest absolute Gasteiger partial charge is 0.0668 e. The maximum Gasteiger partial charge on any atom is 0.0668 e. The summed E-state index contributed by atoms with van der Waals surface area (Å²) >= 11 is 0. The van der Waals surface area contributed by atoms with Crippen LogP contribution in [0.15, 0.2) is 29.3 Å². The summed E-state index contributed by atoms with van der Waals surface area (Å²) in [4.78, 5) is 7.21. The lowest BCUT2D eigenvalue weighted by Crippen LogP contribution is -2.46. The van der Waals surface area contributed by atoms with Gasteiger partial charge in [-0.05, 0) is 44.0 Å². The second-order valence-electron chi connectivity index (χ2n) is 5.31. The molecule has 0 saturated carbocycles. The molecule has 2 heteroatoms. The van der Waals surface area contributed by atoms with Crippen LogP contribution in [-0.4, -0.2) is 30.7 Å². The fourth-order valence-electron chi connectivity index (χ4n) is 3.28. The van der Waals surface area contributed by atoms with Crippen LogP contribution in [0.5, 0.6) is 0 Å². The van der Waals surface area contributed by atoms with Gasteiger partial charge in [0.15, 0.2) is 0 Å². The Kier molecular flexibility index (Phi) is 2.75. The van der Waals surface area contributed by atoms with Crippen LogP contribution in [0, 0.1) is 0 Å². The maximum atomic E-state index is 4.62. The van der Waals surface area contributed by atoms with Crippen LogP contribution >= 0.6 is 0 Å². The highest BCUT2D eigenvalue weighted by molar-refractivity contribution is 5.85. The van der Waals surface area contributed by atoms with Gasteiger partial charge in [-0.25, -0.2) is 0 Å². The van der Waals surface area contributed by atoms with E-state index >= 15 is 0 Å². The van der Waals surface area contributed by atoms with Crippen molar-refractivity contribution < 1.29 is 0 Å². The van der Waals surface area contributed by atoms with E-state index in [2.05, 4.69) is 47.3 Å². The van der Waals surface area contributed by atoms with Gasteiger partial charge >= 0.3 is 0 Å². The number of hydrogen-bond donors (Lipinski definition) is 0. The van der Waals surface area contributed by atoms with Gasteiger partial charge in [0.2, 0.25) is 0 Å². The highest BCUT2D eigenvalue weighted by Crippen LogP contribution is 2.42. The molecule has 2 aliphatic rings. The van der Waals surface area contributed by atoms with Crippen LogP contribution in [0.25, 0.3) is 0 Å². The molecule has 90 valence electrons. The van der Waals surface area contributed by atoms with Gasteiger partial charge in [-0.15, -0.1) is 0 Å². The van der Waals surface area contributed by atoms with E-state index in [0.29, 0.717) is 0 Å². The molecule has 0 amide bonds. The first kappa shape index (κ1) is 11.0. The Hall–Kier alpha value is -1.15. The molecule has 0 N–H and O–H groups in total. The van der Waals surface area contributed by atoms with Gasteiger partial charge < -0.3 is 4.90 Å². The molecule has 1 saturated heterocycles. The average Bonchev–Trinajstić information content (AvgIpc) is 2.70. The molecular weight excluding hydrogens is 208 g/mol. The number of aliphatic imine (C=N–C) groups is 1. The lowest BCUT2D eigenvalue weighted by atomic mass is 9.76. The van der Waals surface area contributed by atoms with Crippen molar-refractivity contribution >= 4 is 11.9 Å². The van der Waals surface area contributed by atoms with E-state index in [-0.39, 0.29) is 5.41 Å². The highest BCUT2D eigenvalue weighted by Gasteiger charge is 2.39. The SMILES string of the molecule is CCCN1CCC[C@@]2(C=Nc3ccccc32)C1. The van der Waals surface area contributed by atoms with Crippen molar-refractivity contribution in [3.8, 4) is 0 Å². The van der Waals surface area contributed by atoms with Gasteiger partial charge in [0.05, 0.1) is 5.69 Å². The molecule has 1 atom stereocenters. The van der Waals surface area contributed by atoms with Crippen molar-refractivity contribution in [2.45, 2.75) is 31.6 Å². The number of likely N-dealkylation sites (tertiary alicyclic amines) is 1. The zero-order valence-corrected chi connectivity index (χ0v) is 10.5. The minimum absolute atomic E-state index is 0.212. The molecule has 2 heterocycles. The molecule has 0 unspecified atom stereocenters. The lowest BCUT2D eigenvalue weighted by Gasteiger charge is -2.39. The summed E-state index contributed by atoms with van der Waals surface area (Å²) in [5, 5.41) is 0. The van der Waals surface area contributed by atoms with Crippen LogP contribution in [0.1, 0.15) is 31.7 Å². The Morgan fingerprint density at radius 2 is 2.24 bits per heavy atom. The first-order chi connectivity index (χ1) is 8.34. The van der Waals surface area contributed by atoms with Crippen LogP contribution in [0.3, 0.4) is 0 Å². The van der Waals surface area contributed by atoms with Crippen LogP contribution in [0.4, 0.5) is 5.69 Å². The third-order valence-corrected chi connectivity index (χ3v) is 4.03. The zero-order valence-electron chi connectivity index (χ0n) is 10.5. The van der Waals surface area contributed by atoms with Crippen LogP contribution < -0.4 is 0 Å². The lowest BCUT2D eigenvalue weighted by molar-refractivity contribution is 0.187. The van der Waals surface area contributed by atoms with Crippen molar-refractivity contribution in [1.29, 1.82) is 0 Å². The number of rotatable bonds is 2. The Labute approximate surface area is 103 Å². The summed E-state index contributed by atoms with van der Waals surface area (Å²) in [6.07, 6.45) is 6.00. The molecule has 0 aliphatic carbocycles. The van der Waals surface area contributed by atoms with Crippen LogP contribution in [0.2, 0.25) is 0 Å². The quantitative estimate of drug-likeness (QED) is 0.759. The van der Waals surface area contributed by atoms with Gasteiger partial charge in [0, 0.05) is 18.2 Å². The Bertz CT molecular complexity index is 436. The molecule has 2 nitrogen and oxygen atoms in total. The summed E-state index contributed by atoms with van der Waals surface area (Å²) in [7, 11) is 0. The monoisotopic (exact) mass is 228 g/mol. The standard InChI is InChI=1S/C15H20N2/c1-2-9-17-10-5-8-15(12-17)11-16-14-7-4-3-6-13(14)15/h3-4,6-7,11H,2,5,8-10,12H2,1H3/t15-/m1/s1. The molecule has 1 aromatic carbocycles. The van der Waals surface area contributed by atoms with E-state index in [0.717, 1.165) is 6.54 Å². The molecule has 17 heavy (non-hydrogen) atoms. The Morgan fingerprint density at radius 1 is 1.35 bits per heavy atom. The van der Waals surface area contributed by atoms with Crippen molar-refractivity contribution in [2.24, 2.45) is 4.99 Å². The summed E-state index contributed by atoms with van der Waals surface area (Å²) in [6.45, 7) is 5.89. The second kappa shape index (κ2) is 4.26. The van der Waals surface area contributed by atoms with E-state index in [1.165, 1.54) is 43.6 Å². The number of piperidine rings is 1. The largest absolute Gasteiger partial charge is 0.302 e. The fourth-order valence-corrected chi connectivity index (χ4v) is 3.28. The normalized spacial score (nSPS) is 27.6. The van der Waals surface area contributed by atoms with E-state index in [1.54, 1.807) is 0 Å². The van der Waals surface area contributed by atoms with Crippen molar-refractivity contribution in [2.75, 3.05) is 19.6 Å². The minimum atomic E-state index is 0.212. The van der Waals surface area contributed by atoms with Crippen LogP contribution in [-0.2, 0) is 5.41 Å². The van der Waals surface area contributed by atoms with Gasteiger partial charge in [0.1, 0.15) is 0 Å². The fraction of sp³-hybridized carbons (Fsp3) is 0.533. The molecule has 0 radical (unpaired) electrons. The summed E-state index contributed by atoms with van der Waals surface area (Å²) in [5.41, 5.74) is 2.84. The predicted octanol–water partition coefficient (Wildman–Crippen LogP) is 3.15. The van der Waals surface area contributed by atoms with E-state index in [9.17, 15) is 0 Å². The van der Waals surface area contributed by atoms with Crippen molar-refractivity contribution in [3.05, 3.63) is 29.8 Å². The minimum Gasteiger partial charge on any atom is -0.302 e. The van der Waals surface area contributed by atoms with Gasteiger partial charge in [-0.1, -0.05) is 25.1 Å². The highest BCUT2D eigenvalue weighted by atomic mass is 15.1. The summed E-state index contributed by atoms with van der Waals surface area (Å²) in [6, 6.07) is 8.63. The Balaban J connectivity index is 1.90. The van der Waals surface area contributed by atoms with Crippen molar-refractivity contribution in [1.82, 2.24) is 4.90 Å². The van der Waals surface area contributed by atoms with Gasteiger partial charge in [-0.2, -0.15) is 0 Å². The molecule has 2 aliphatic heterocycles. The first-order valence-electron chi connectivity index (χ1n) is 6.71. The van der Waals surface area contributed by atoms with Gasteiger partial charge in [0.25, 0.3) is 0 Å². The second-order valence-corrected chi connectivity index (χ2v) is 5.31. The average molecular weight is 228 g/mol. The summed E-state index contributed by atoms with van der Waals surface area (Å²) in [5.74, 6) is 0. The summed E-state index contributed by atoms with van der Waals surface area (Å²) < 4.78 is 0. The Morgan fingerprint density at radius 3 is 3.12 bits per heavy atom. The molecule has 0 bridgehead atoms. The molecule has 0 aromatic heterocycles. The van der Waals surface area contributed by atoms with Crippen molar-refractivity contribution in [3.63, 3.8) is 0 Å². The molecular formula is C15H20N2. The van der Waals surface area contributed by atoms with E-state index in [1.807, 2.05) is 0 Å². The predicted molar refractivity (Wildman–Crippen MR) is 72.2 cm³/mol.